The van der Waals surface area contributed by atoms with Crippen LogP contribution in [0.25, 0.3) is 0 Å². The first-order valence-electron chi connectivity index (χ1n) is 6.76. The van der Waals surface area contributed by atoms with Crippen molar-refractivity contribution in [3.8, 4) is 0 Å². The Balaban J connectivity index is 1.76. The molecule has 106 valence electrons. The summed E-state index contributed by atoms with van der Waals surface area (Å²) in [4.78, 5) is 4.19. The molecule has 7 nitrogen and oxygen atoms in total. The van der Waals surface area contributed by atoms with Gasteiger partial charge in [-0.15, -0.1) is 10.2 Å². The molecule has 0 amide bonds. The van der Waals surface area contributed by atoms with E-state index in [9.17, 15) is 0 Å². The van der Waals surface area contributed by atoms with Crippen LogP contribution in [0, 0.1) is 0 Å². The highest BCUT2D eigenvalue weighted by Crippen LogP contribution is 2.10. The van der Waals surface area contributed by atoms with Gasteiger partial charge in [0.2, 0.25) is 0 Å². The van der Waals surface area contributed by atoms with Crippen LogP contribution in [0.3, 0.4) is 0 Å². The van der Waals surface area contributed by atoms with Gasteiger partial charge in [-0.05, 0) is 19.8 Å². The molecule has 1 fully saturated rings. The Morgan fingerprint density at radius 2 is 2.47 bits per heavy atom. The standard InChI is InChI=1S/C12H22N6O/c1-3-18-9-16-17-11(18)8-15-12(13-2)14-7-10-5-4-6-19-10/h9-10H,3-8H2,1-2H3,(H2,13,14,15). The number of aromatic nitrogens is 3. The van der Waals surface area contributed by atoms with Crippen molar-refractivity contribution in [1.29, 1.82) is 0 Å². The molecule has 0 radical (unpaired) electrons. The van der Waals surface area contributed by atoms with E-state index in [0.717, 1.165) is 44.3 Å². The lowest BCUT2D eigenvalue weighted by atomic mass is 10.2. The highest BCUT2D eigenvalue weighted by atomic mass is 16.5. The lowest BCUT2D eigenvalue weighted by molar-refractivity contribution is 0.114. The van der Waals surface area contributed by atoms with Crippen LogP contribution >= 0.6 is 0 Å². The van der Waals surface area contributed by atoms with Gasteiger partial charge >= 0.3 is 0 Å². The highest BCUT2D eigenvalue weighted by Gasteiger charge is 2.15. The zero-order valence-corrected chi connectivity index (χ0v) is 11.6. The van der Waals surface area contributed by atoms with Crippen molar-refractivity contribution < 1.29 is 4.74 Å². The number of aliphatic imine (C=N–C) groups is 1. The molecule has 2 heterocycles. The Morgan fingerprint density at radius 3 is 3.16 bits per heavy atom. The molecule has 0 aliphatic carbocycles. The van der Waals surface area contributed by atoms with Gasteiger partial charge in [0, 0.05) is 26.7 Å². The van der Waals surface area contributed by atoms with Crippen LogP contribution in [0.15, 0.2) is 11.3 Å². The number of nitrogens with zero attached hydrogens (tertiary/aromatic N) is 4. The van der Waals surface area contributed by atoms with E-state index < -0.39 is 0 Å². The van der Waals surface area contributed by atoms with Crippen molar-refractivity contribution >= 4 is 5.96 Å². The predicted molar refractivity (Wildman–Crippen MR) is 72.9 cm³/mol. The summed E-state index contributed by atoms with van der Waals surface area (Å²) in [6.45, 7) is 5.21. The van der Waals surface area contributed by atoms with E-state index in [1.54, 1.807) is 13.4 Å². The molecule has 1 aliphatic rings. The fourth-order valence-electron chi connectivity index (χ4n) is 2.08. The Hall–Kier alpha value is -1.63. The summed E-state index contributed by atoms with van der Waals surface area (Å²) < 4.78 is 7.56. The first-order valence-corrected chi connectivity index (χ1v) is 6.76. The normalized spacial score (nSPS) is 19.7. The van der Waals surface area contributed by atoms with Crippen LogP contribution in [0.4, 0.5) is 0 Å². The summed E-state index contributed by atoms with van der Waals surface area (Å²) >= 11 is 0. The summed E-state index contributed by atoms with van der Waals surface area (Å²) in [5.41, 5.74) is 0. The minimum Gasteiger partial charge on any atom is -0.376 e. The summed E-state index contributed by atoms with van der Waals surface area (Å²) in [5, 5.41) is 14.5. The lowest BCUT2D eigenvalue weighted by Crippen LogP contribution is -2.41. The maximum atomic E-state index is 5.56. The van der Waals surface area contributed by atoms with Gasteiger partial charge in [0.1, 0.15) is 6.33 Å². The van der Waals surface area contributed by atoms with Crippen LogP contribution in [0.5, 0.6) is 0 Å². The number of rotatable bonds is 5. The Labute approximate surface area is 113 Å². The first kappa shape index (κ1) is 13.8. The number of aryl methyl sites for hydroxylation is 1. The van der Waals surface area contributed by atoms with Gasteiger partial charge in [0.25, 0.3) is 0 Å². The molecule has 1 atom stereocenters. The van der Waals surface area contributed by atoms with Gasteiger partial charge in [-0.2, -0.15) is 0 Å². The fraction of sp³-hybridized carbons (Fsp3) is 0.750. The smallest absolute Gasteiger partial charge is 0.191 e. The molecule has 7 heteroatoms. The second-order valence-corrected chi connectivity index (χ2v) is 4.47. The minimum absolute atomic E-state index is 0.304. The van der Waals surface area contributed by atoms with Crippen LogP contribution in [-0.4, -0.2) is 47.0 Å². The number of ether oxygens (including phenoxy) is 1. The maximum absolute atomic E-state index is 5.56. The fourth-order valence-corrected chi connectivity index (χ4v) is 2.08. The molecule has 19 heavy (non-hydrogen) atoms. The van der Waals surface area contributed by atoms with Crippen molar-refractivity contribution in [2.75, 3.05) is 20.2 Å². The second-order valence-electron chi connectivity index (χ2n) is 4.47. The molecule has 0 saturated carbocycles. The van der Waals surface area contributed by atoms with Gasteiger partial charge in [0.15, 0.2) is 11.8 Å². The molecule has 1 aromatic rings. The van der Waals surface area contributed by atoms with Crippen LogP contribution in [0.1, 0.15) is 25.6 Å². The van der Waals surface area contributed by atoms with Crippen molar-refractivity contribution in [2.24, 2.45) is 4.99 Å². The van der Waals surface area contributed by atoms with Crippen molar-refractivity contribution in [3.63, 3.8) is 0 Å². The first-order chi connectivity index (χ1) is 9.33. The van der Waals surface area contributed by atoms with Crippen LogP contribution in [-0.2, 0) is 17.8 Å². The molecule has 1 unspecified atom stereocenters. The topological polar surface area (TPSA) is 76.4 Å². The quantitative estimate of drug-likeness (QED) is 0.586. The summed E-state index contributed by atoms with van der Waals surface area (Å²) in [6, 6.07) is 0. The molecule has 0 bridgehead atoms. The van der Waals surface area contributed by atoms with Crippen LogP contribution < -0.4 is 10.6 Å². The van der Waals surface area contributed by atoms with Gasteiger partial charge in [-0.1, -0.05) is 0 Å². The lowest BCUT2D eigenvalue weighted by Gasteiger charge is -2.14. The van der Waals surface area contributed by atoms with Crippen molar-refractivity contribution in [1.82, 2.24) is 25.4 Å². The van der Waals surface area contributed by atoms with Crippen molar-refractivity contribution in [2.45, 2.75) is 39.0 Å². The molecule has 2 N–H and O–H groups in total. The van der Waals surface area contributed by atoms with Gasteiger partial charge in [-0.25, -0.2) is 0 Å². The third-order valence-electron chi connectivity index (χ3n) is 3.20. The molecule has 0 aromatic carbocycles. The van der Waals surface area contributed by atoms with E-state index in [4.69, 9.17) is 4.74 Å². The Kier molecular flexibility index (Phi) is 5.14. The van der Waals surface area contributed by atoms with Gasteiger partial charge < -0.3 is 19.9 Å². The van der Waals surface area contributed by atoms with Crippen molar-refractivity contribution in [3.05, 3.63) is 12.2 Å². The second kappa shape index (κ2) is 7.08. The predicted octanol–water partition coefficient (Wildman–Crippen LogP) is 0.142. The molecule has 1 aliphatic heterocycles. The number of hydrogen-bond acceptors (Lipinski definition) is 4. The SMILES string of the molecule is CCn1cnnc1CNC(=NC)NCC1CCCO1. The molecule has 1 saturated heterocycles. The zero-order chi connectivity index (χ0) is 13.5. The molecular weight excluding hydrogens is 244 g/mol. The average Bonchev–Trinajstić information content (AvgIpc) is 3.09. The summed E-state index contributed by atoms with van der Waals surface area (Å²) in [5.74, 6) is 1.67. The van der Waals surface area contributed by atoms with E-state index in [1.807, 2.05) is 4.57 Å². The van der Waals surface area contributed by atoms with E-state index in [1.165, 1.54) is 0 Å². The molecular formula is C12H22N6O. The maximum Gasteiger partial charge on any atom is 0.191 e. The minimum atomic E-state index is 0.304. The summed E-state index contributed by atoms with van der Waals surface area (Å²) in [6.07, 6.45) is 4.31. The molecule has 0 spiro atoms. The molecule has 1 aromatic heterocycles. The van der Waals surface area contributed by atoms with Gasteiger partial charge in [-0.3, -0.25) is 4.99 Å². The van der Waals surface area contributed by atoms with Gasteiger partial charge in [0.05, 0.1) is 12.6 Å². The highest BCUT2D eigenvalue weighted by molar-refractivity contribution is 5.79. The number of hydrogen-bond donors (Lipinski definition) is 2. The largest absolute Gasteiger partial charge is 0.376 e. The van der Waals surface area contributed by atoms with E-state index in [2.05, 4.69) is 32.7 Å². The number of nitrogens with one attached hydrogen (secondary N) is 2. The third kappa shape index (κ3) is 3.92. The number of guanidine groups is 1. The zero-order valence-electron chi connectivity index (χ0n) is 11.6. The van der Waals surface area contributed by atoms with Crippen LogP contribution in [0.2, 0.25) is 0 Å². The molecule has 2 rings (SSSR count). The van der Waals surface area contributed by atoms with E-state index in [-0.39, 0.29) is 0 Å². The Morgan fingerprint density at radius 1 is 1.58 bits per heavy atom. The Bertz CT molecular complexity index is 410. The summed E-state index contributed by atoms with van der Waals surface area (Å²) in [7, 11) is 1.76. The van der Waals surface area contributed by atoms with E-state index >= 15 is 0 Å². The van der Waals surface area contributed by atoms with E-state index in [0.29, 0.717) is 12.6 Å². The average molecular weight is 266 g/mol. The third-order valence-corrected chi connectivity index (χ3v) is 3.20. The monoisotopic (exact) mass is 266 g/mol.